The molecular weight excluding hydrogens is 338 g/mol. The van der Waals surface area contributed by atoms with Gasteiger partial charge in [0.05, 0.1) is 0 Å². The minimum absolute atomic E-state index is 0. The summed E-state index contributed by atoms with van der Waals surface area (Å²) in [6, 6.07) is 15.0. The van der Waals surface area contributed by atoms with Gasteiger partial charge in [-0.05, 0) is 67.3 Å². The van der Waals surface area contributed by atoms with Gasteiger partial charge in [0, 0.05) is 0 Å². The van der Waals surface area contributed by atoms with E-state index in [-0.39, 0.29) is 12.4 Å². The van der Waals surface area contributed by atoms with Crippen LogP contribution in [-0.2, 0) is 12.8 Å². The Morgan fingerprint density at radius 1 is 1.12 bits per heavy atom. The molecule has 0 aliphatic heterocycles. The smallest absolute Gasteiger partial charge is 0.173 e. The lowest BCUT2D eigenvalue weighted by molar-refractivity contribution is 0.0229. The maximum absolute atomic E-state index is 10.4. The van der Waals surface area contributed by atoms with Crippen molar-refractivity contribution in [1.82, 2.24) is 0 Å². The van der Waals surface area contributed by atoms with Crippen molar-refractivity contribution < 1.29 is 14.9 Å². The first-order chi connectivity index (χ1) is 11.6. The zero-order valence-corrected chi connectivity index (χ0v) is 15.0. The molecule has 0 bridgehead atoms. The van der Waals surface area contributed by atoms with Gasteiger partial charge in [-0.2, -0.15) is 0 Å². The van der Waals surface area contributed by atoms with E-state index in [4.69, 9.17) is 10.5 Å². The van der Waals surface area contributed by atoms with Crippen molar-refractivity contribution in [3.8, 4) is 11.5 Å². The van der Waals surface area contributed by atoms with Crippen LogP contribution < -0.4 is 10.5 Å². The molecule has 0 fully saturated rings. The quantitative estimate of drug-likeness (QED) is 0.562. The van der Waals surface area contributed by atoms with E-state index in [1.807, 2.05) is 36.4 Å². The largest absolute Gasteiger partial charge is 0.508 e. The number of ether oxygens (including phenoxy) is 1. The summed E-state index contributed by atoms with van der Waals surface area (Å²) in [5.41, 5.74) is 8.25. The van der Waals surface area contributed by atoms with Crippen molar-refractivity contribution in [2.45, 2.75) is 44.4 Å². The topological polar surface area (TPSA) is 75.7 Å². The molecule has 5 heteroatoms. The Morgan fingerprint density at radius 2 is 1.88 bits per heavy atom. The molecule has 3 atom stereocenters. The van der Waals surface area contributed by atoms with E-state index in [1.165, 1.54) is 5.56 Å². The highest BCUT2D eigenvalue weighted by molar-refractivity contribution is 5.85. The van der Waals surface area contributed by atoms with E-state index in [2.05, 4.69) is 6.07 Å². The first-order valence-corrected chi connectivity index (χ1v) is 8.58. The molecule has 0 amide bonds. The molecule has 2 aromatic carbocycles. The van der Waals surface area contributed by atoms with Gasteiger partial charge in [-0.15, -0.1) is 12.4 Å². The maximum Gasteiger partial charge on any atom is 0.173 e. The van der Waals surface area contributed by atoms with Crippen LogP contribution in [0.2, 0.25) is 0 Å². The molecule has 0 saturated carbocycles. The van der Waals surface area contributed by atoms with Crippen LogP contribution in [-0.4, -0.2) is 22.5 Å². The Bertz CT molecular complexity index is 665. The maximum atomic E-state index is 10.4. The van der Waals surface area contributed by atoms with Crippen LogP contribution >= 0.6 is 12.4 Å². The molecule has 0 radical (unpaired) electrons. The second kappa shape index (κ2) is 9.09. The minimum Gasteiger partial charge on any atom is -0.508 e. The minimum atomic E-state index is -0.737. The van der Waals surface area contributed by atoms with E-state index in [0.29, 0.717) is 23.8 Å². The highest BCUT2D eigenvalue weighted by Gasteiger charge is 2.24. The van der Waals surface area contributed by atoms with Gasteiger partial charge in [0.15, 0.2) is 6.23 Å². The molecule has 0 saturated heterocycles. The molecule has 2 aromatic rings. The summed E-state index contributed by atoms with van der Waals surface area (Å²) in [6.07, 6.45) is 2.93. The van der Waals surface area contributed by atoms with Gasteiger partial charge < -0.3 is 14.9 Å². The van der Waals surface area contributed by atoms with E-state index in [1.54, 1.807) is 6.07 Å². The van der Waals surface area contributed by atoms with Crippen LogP contribution in [0.3, 0.4) is 0 Å². The molecule has 136 valence electrons. The number of hydrogen-bond donors (Lipinski definition) is 3. The van der Waals surface area contributed by atoms with Crippen molar-refractivity contribution in [1.29, 1.82) is 0 Å². The zero-order chi connectivity index (χ0) is 16.9. The van der Waals surface area contributed by atoms with E-state index in [0.717, 1.165) is 31.2 Å². The molecule has 1 aliphatic carbocycles. The fourth-order valence-electron chi connectivity index (χ4n) is 3.49. The summed E-state index contributed by atoms with van der Waals surface area (Å²) in [6.45, 7) is 0. The van der Waals surface area contributed by atoms with Crippen molar-refractivity contribution in [2.24, 2.45) is 11.7 Å². The second-order valence-corrected chi connectivity index (χ2v) is 6.58. The van der Waals surface area contributed by atoms with E-state index >= 15 is 0 Å². The molecule has 4 N–H and O–H groups in total. The van der Waals surface area contributed by atoms with Gasteiger partial charge in [0.1, 0.15) is 17.6 Å². The third kappa shape index (κ3) is 5.11. The van der Waals surface area contributed by atoms with Gasteiger partial charge in [-0.25, -0.2) is 0 Å². The molecule has 2 unspecified atom stereocenters. The van der Waals surface area contributed by atoms with Gasteiger partial charge in [-0.1, -0.05) is 30.3 Å². The Morgan fingerprint density at radius 3 is 2.64 bits per heavy atom. The number of benzene rings is 2. The summed E-state index contributed by atoms with van der Waals surface area (Å²) >= 11 is 0. The zero-order valence-electron chi connectivity index (χ0n) is 14.2. The van der Waals surface area contributed by atoms with Gasteiger partial charge in [-0.3, -0.25) is 5.73 Å². The average Bonchev–Trinajstić information content (AvgIpc) is 2.78. The molecule has 0 heterocycles. The van der Waals surface area contributed by atoms with Crippen LogP contribution in [0.4, 0.5) is 0 Å². The van der Waals surface area contributed by atoms with Crippen LogP contribution in [0.5, 0.6) is 11.5 Å². The van der Waals surface area contributed by atoms with Crippen molar-refractivity contribution >= 4 is 12.4 Å². The number of aliphatic hydroxyl groups is 1. The number of fused-ring (bicyclic) bond motifs is 1. The average molecular weight is 364 g/mol. The summed E-state index contributed by atoms with van der Waals surface area (Å²) in [4.78, 5) is 0. The lowest BCUT2D eigenvalue weighted by Crippen LogP contribution is -2.41. The molecule has 0 aromatic heterocycles. The summed E-state index contributed by atoms with van der Waals surface area (Å²) in [5.74, 6) is 1.39. The Kier molecular flexibility index (Phi) is 7.12. The van der Waals surface area contributed by atoms with Crippen molar-refractivity contribution in [3.05, 3.63) is 59.7 Å². The SMILES string of the molecule is Cl.NC(Oc1ccccc1)[C@@H](O)CC1CCCc2c(O)cccc2C1. The molecule has 3 rings (SSSR count). The number of aliphatic hydroxyl groups excluding tert-OH is 1. The van der Waals surface area contributed by atoms with E-state index in [9.17, 15) is 10.2 Å². The number of rotatable bonds is 5. The summed E-state index contributed by atoms with van der Waals surface area (Å²) in [5, 5.41) is 20.4. The first kappa shape index (κ1) is 19.6. The predicted molar refractivity (Wildman–Crippen MR) is 101 cm³/mol. The number of hydrogen-bond acceptors (Lipinski definition) is 4. The predicted octanol–water partition coefficient (Wildman–Crippen LogP) is 3.42. The summed E-state index contributed by atoms with van der Waals surface area (Å²) in [7, 11) is 0. The number of halogens is 1. The Hall–Kier alpha value is -1.75. The Balaban J connectivity index is 0.00000225. The lowest BCUT2D eigenvalue weighted by atomic mass is 9.91. The number of aromatic hydroxyl groups is 1. The normalized spacial score (nSPS) is 19.0. The standard InChI is InChI=1S/C20H25NO3.ClH/c21-20(24-16-8-2-1-3-9-16)19(23)13-14-6-4-10-17-15(12-14)7-5-11-18(17)22;/h1-3,5,7-9,11,14,19-20,22-23H,4,6,10,12-13,21H2;1H/t14?,19-,20?;/m0./s1. The summed E-state index contributed by atoms with van der Waals surface area (Å²) < 4.78 is 5.63. The van der Waals surface area contributed by atoms with Crippen LogP contribution in [0.1, 0.15) is 30.4 Å². The monoisotopic (exact) mass is 363 g/mol. The van der Waals surface area contributed by atoms with Gasteiger partial charge in [0.2, 0.25) is 0 Å². The molecular formula is C20H26ClNO3. The van der Waals surface area contributed by atoms with Gasteiger partial charge in [0.25, 0.3) is 0 Å². The highest BCUT2D eigenvalue weighted by atomic mass is 35.5. The Labute approximate surface area is 155 Å². The molecule has 1 aliphatic rings. The van der Waals surface area contributed by atoms with Crippen molar-refractivity contribution in [3.63, 3.8) is 0 Å². The third-order valence-corrected chi connectivity index (χ3v) is 4.77. The number of phenols is 1. The second-order valence-electron chi connectivity index (χ2n) is 6.58. The lowest BCUT2D eigenvalue weighted by Gasteiger charge is -2.24. The van der Waals surface area contributed by atoms with Crippen LogP contribution in [0, 0.1) is 5.92 Å². The fraction of sp³-hybridized carbons (Fsp3) is 0.400. The number of phenolic OH excluding ortho intramolecular Hbond substituents is 1. The fourth-order valence-corrected chi connectivity index (χ4v) is 3.49. The van der Waals surface area contributed by atoms with Crippen LogP contribution in [0.15, 0.2) is 48.5 Å². The first-order valence-electron chi connectivity index (χ1n) is 8.58. The third-order valence-electron chi connectivity index (χ3n) is 4.77. The van der Waals surface area contributed by atoms with Crippen LogP contribution in [0.25, 0.3) is 0 Å². The molecule has 4 nitrogen and oxygen atoms in total. The van der Waals surface area contributed by atoms with Crippen molar-refractivity contribution in [2.75, 3.05) is 0 Å². The molecule has 25 heavy (non-hydrogen) atoms. The molecule has 0 spiro atoms. The van der Waals surface area contributed by atoms with E-state index < -0.39 is 12.3 Å². The number of para-hydroxylation sites is 1. The van der Waals surface area contributed by atoms with Gasteiger partial charge >= 0.3 is 0 Å². The number of nitrogens with two attached hydrogens (primary N) is 1. The highest BCUT2D eigenvalue weighted by Crippen LogP contribution is 2.32.